The lowest BCUT2D eigenvalue weighted by atomic mass is 9.55. The normalized spacial score (nSPS) is 33.5. The van der Waals surface area contributed by atoms with Gasteiger partial charge in [-0.3, -0.25) is 9.59 Å². The molecule has 3 aliphatic carbocycles. The van der Waals surface area contributed by atoms with Crippen molar-refractivity contribution in [1.29, 1.82) is 0 Å². The van der Waals surface area contributed by atoms with Crippen LogP contribution in [0.5, 0.6) is 5.75 Å². The van der Waals surface area contributed by atoms with Crippen molar-refractivity contribution in [3.63, 3.8) is 0 Å². The van der Waals surface area contributed by atoms with Gasteiger partial charge in [-0.2, -0.15) is 0 Å². The summed E-state index contributed by atoms with van der Waals surface area (Å²) in [6.07, 6.45) is 6.47. The molecule has 1 unspecified atom stereocenters. The van der Waals surface area contributed by atoms with Crippen LogP contribution in [0.15, 0.2) is 15.0 Å². The van der Waals surface area contributed by atoms with Crippen molar-refractivity contribution in [2.24, 2.45) is 17.3 Å². The highest BCUT2D eigenvalue weighted by molar-refractivity contribution is 9.11. The number of esters is 2. The molecule has 6 heteroatoms. The highest BCUT2D eigenvalue weighted by Gasteiger charge is 2.56. The monoisotopic (exact) mass is 512 g/mol. The van der Waals surface area contributed by atoms with E-state index in [-0.39, 0.29) is 23.5 Å². The molecule has 28 heavy (non-hydrogen) atoms. The molecule has 3 aliphatic rings. The second-order valence-corrected chi connectivity index (χ2v) is 10.4. The van der Waals surface area contributed by atoms with Crippen LogP contribution in [-0.2, 0) is 20.7 Å². The summed E-state index contributed by atoms with van der Waals surface area (Å²) in [4.78, 5) is 23.1. The third kappa shape index (κ3) is 3.24. The van der Waals surface area contributed by atoms with E-state index in [2.05, 4.69) is 44.8 Å². The molecule has 2 fully saturated rings. The van der Waals surface area contributed by atoms with E-state index in [0.717, 1.165) is 47.5 Å². The first kappa shape index (κ1) is 20.4. The van der Waals surface area contributed by atoms with Crippen molar-refractivity contribution in [3.8, 4) is 5.75 Å². The molecular weight excluding hydrogens is 488 g/mol. The number of halogens is 2. The number of ether oxygens (including phenoxy) is 2. The van der Waals surface area contributed by atoms with E-state index in [0.29, 0.717) is 23.5 Å². The average Bonchev–Trinajstić information content (AvgIpc) is 2.94. The second kappa shape index (κ2) is 7.42. The van der Waals surface area contributed by atoms with Crippen LogP contribution in [0.25, 0.3) is 0 Å². The summed E-state index contributed by atoms with van der Waals surface area (Å²) >= 11 is 7.31. The van der Waals surface area contributed by atoms with Crippen molar-refractivity contribution in [2.45, 2.75) is 71.3 Å². The molecule has 0 N–H and O–H groups in total. The Hall–Kier alpha value is -0.880. The van der Waals surface area contributed by atoms with Crippen molar-refractivity contribution in [1.82, 2.24) is 0 Å². The summed E-state index contributed by atoms with van der Waals surface area (Å²) in [6, 6.07) is 2.16. The van der Waals surface area contributed by atoms with Crippen LogP contribution in [0.4, 0.5) is 0 Å². The van der Waals surface area contributed by atoms with Crippen LogP contribution in [0, 0.1) is 17.3 Å². The quantitative estimate of drug-likeness (QED) is 0.363. The fourth-order valence-electron chi connectivity index (χ4n) is 6.21. The Morgan fingerprint density at radius 3 is 2.54 bits per heavy atom. The molecule has 1 aromatic rings. The Bertz CT molecular complexity index is 836. The van der Waals surface area contributed by atoms with E-state index in [9.17, 15) is 9.59 Å². The molecule has 0 aliphatic heterocycles. The molecule has 0 aromatic heterocycles. The number of rotatable bonds is 2. The van der Waals surface area contributed by atoms with E-state index < -0.39 is 0 Å². The molecule has 5 atom stereocenters. The highest BCUT2D eigenvalue weighted by Crippen LogP contribution is 2.62. The van der Waals surface area contributed by atoms with Gasteiger partial charge in [0.1, 0.15) is 6.10 Å². The van der Waals surface area contributed by atoms with Gasteiger partial charge in [0.25, 0.3) is 0 Å². The van der Waals surface area contributed by atoms with Crippen LogP contribution in [-0.4, -0.2) is 18.0 Å². The van der Waals surface area contributed by atoms with Crippen LogP contribution < -0.4 is 4.74 Å². The average molecular weight is 514 g/mol. The van der Waals surface area contributed by atoms with Gasteiger partial charge in [0.05, 0.1) is 8.95 Å². The van der Waals surface area contributed by atoms with Crippen molar-refractivity contribution in [3.05, 3.63) is 26.1 Å². The maximum atomic E-state index is 11.6. The Morgan fingerprint density at radius 2 is 1.86 bits per heavy atom. The van der Waals surface area contributed by atoms with Gasteiger partial charge in [0.2, 0.25) is 0 Å². The highest BCUT2D eigenvalue weighted by atomic mass is 79.9. The van der Waals surface area contributed by atoms with Crippen molar-refractivity contribution < 1.29 is 19.1 Å². The molecule has 152 valence electrons. The molecule has 0 radical (unpaired) electrons. The Kier molecular flexibility index (Phi) is 5.41. The van der Waals surface area contributed by atoms with Gasteiger partial charge >= 0.3 is 11.9 Å². The molecule has 4 rings (SSSR count). The van der Waals surface area contributed by atoms with Crippen LogP contribution in [0.3, 0.4) is 0 Å². The maximum Gasteiger partial charge on any atom is 0.308 e. The summed E-state index contributed by atoms with van der Waals surface area (Å²) in [5, 5.41) is 0. The van der Waals surface area contributed by atoms with Crippen LogP contribution in [0.2, 0.25) is 0 Å². The van der Waals surface area contributed by atoms with Gasteiger partial charge in [0.15, 0.2) is 5.75 Å². The van der Waals surface area contributed by atoms with Gasteiger partial charge < -0.3 is 9.47 Å². The zero-order valence-electron chi connectivity index (χ0n) is 16.5. The lowest BCUT2D eigenvalue weighted by Gasteiger charge is -2.50. The molecule has 0 spiro atoms. The van der Waals surface area contributed by atoms with Crippen LogP contribution >= 0.6 is 31.9 Å². The number of carbonyl (C=O) groups is 2. The van der Waals surface area contributed by atoms with E-state index in [1.807, 2.05) is 0 Å². The predicted molar refractivity (Wildman–Crippen MR) is 113 cm³/mol. The predicted octanol–water partition coefficient (Wildman–Crippen LogP) is 5.92. The molecule has 0 saturated heterocycles. The van der Waals surface area contributed by atoms with Crippen molar-refractivity contribution in [2.75, 3.05) is 0 Å². The van der Waals surface area contributed by atoms with Gasteiger partial charge in [0, 0.05) is 19.3 Å². The van der Waals surface area contributed by atoms with Crippen molar-refractivity contribution >= 4 is 43.8 Å². The molecular formula is C22H26Br2O4. The number of fused-ring (bicyclic) bond motifs is 5. The SMILES string of the molecule is CC(=O)Oc1c(Br)cc2c(c1Br)CCC1[C@@H]2CC[C@]2(C)[C@@H](OC(C)=O)CC[C@@H]12. The first-order chi connectivity index (χ1) is 13.2. The smallest absolute Gasteiger partial charge is 0.308 e. The summed E-state index contributed by atoms with van der Waals surface area (Å²) in [6.45, 7) is 5.28. The topological polar surface area (TPSA) is 52.6 Å². The number of hydrogen-bond acceptors (Lipinski definition) is 4. The van der Waals surface area contributed by atoms with Gasteiger partial charge in [-0.15, -0.1) is 0 Å². The summed E-state index contributed by atoms with van der Waals surface area (Å²) < 4.78 is 12.9. The van der Waals surface area contributed by atoms with E-state index >= 15 is 0 Å². The molecule has 2 saturated carbocycles. The molecule has 0 bridgehead atoms. The Morgan fingerprint density at radius 1 is 1.11 bits per heavy atom. The minimum absolute atomic E-state index is 0.0576. The summed E-state index contributed by atoms with van der Waals surface area (Å²) in [7, 11) is 0. The minimum Gasteiger partial charge on any atom is -0.462 e. The molecule has 4 nitrogen and oxygen atoms in total. The first-order valence-corrected chi connectivity index (χ1v) is 11.7. The van der Waals surface area contributed by atoms with E-state index in [1.54, 1.807) is 0 Å². The van der Waals surface area contributed by atoms with Gasteiger partial charge in [-0.05, 0) is 105 Å². The molecule has 0 heterocycles. The lowest BCUT2D eigenvalue weighted by Crippen LogP contribution is -2.45. The second-order valence-electron chi connectivity index (χ2n) is 8.80. The number of benzene rings is 1. The summed E-state index contributed by atoms with van der Waals surface area (Å²) in [5.41, 5.74) is 2.75. The first-order valence-electron chi connectivity index (χ1n) is 10.1. The third-order valence-corrected chi connectivity index (χ3v) is 8.77. The zero-order valence-corrected chi connectivity index (χ0v) is 19.7. The Labute approximate surface area is 183 Å². The van der Waals surface area contributed by atoms with E-state index in [4.69, 9.17) is 9.47 Å². The van der Waals surface area contributed by atoms with Crippen LogP contribution in [0.1, 0.15) is 69.9 Å². The standard InChI is InChI=1S/C22H26Br2O4/c1-11(25)27-19-7-6-17-14-4-5-15-16(13(14)8-9-22(17,19)3)10-18(23)21(20(15)24)28-12(2)26/h10,13-14,17,19H,4-9H2,1-3H3/t13-,14?,17-,19-,22-/m0/s1. The fraction of sp³-hybridized carbons (Fsp3) is 0.636. The fourth-order valence-corrected chi connectivity index (χ4v) is 7.73. The Balaban J connectivity index is 1.66. The molecule has 0 amide bonds. The zero-order chi connectivity index (χ0) is 20.2. The molecule has 1 aromatic carbocycles. The van der Waals surface area contributed by atoms with Gasteiger partial charge in [-0.1, -0.05) is 6.92 Å². The number of carbonyl (C=O) groups excluding carboxylic acids is 2. The number of hydrogen-bond donors (Lipinski definition) is 0. The summed E-state index contributed by atoms with van der Waals surface area (Å²) in [5.74, 6) is 1.83. The maximum absolute atomic E-state index is 11.6. The largest absolute Gasteiger partial charge is 0.462 e. The van der Waals surface area contributed by atoms with E-state index in [1.165, 1.54) is 25.0 Å². The van der Waals surface area contributed by atoms with Gasteiger partial charge in [-0.25, -0.2) is 0 Å². The third-order valence-electron chi connectivity index (χ3n) is 7.34. The minimum atomic E-state index is -0.314. The lowest BCUT2D eigenvalue weighted by molar-refractivity contribution is -0.154.